The van der Waals surface area contributed by atoms with Crippen LogP contribution in [0, 0.1) is 0 Å². The van der Waals surface area contributed by atoms with Crippen LogP contribution < -0.4 is 0 Å². The van der Waals surface area contributed by atoms with Crippen molar-refractivity contribution in [1.29, 1.82) is 0 Å². The molecule has 0 spiro atoms. The molecule has 0 radical (unpaired) electrons. The van der Waals surface area contributed by atoms with Crippen LogP contribution in [0.3, 0.4) is 0 Å². The third-order valence-electron chi connectivity index (χ3n) is 3.47. The molecular formula is C12H20N2O8. The highest BCUT2D eigenvalue weighted by molar-refractivity contribution is 5.15. The van der Waals surface area contributed by atoms with Crippen molar-refractivity contribution in [3.05, 3.63) is 23.8 Å². The highest BCUT2D eigenvalue weighted by atomic mass is 16.6. The molecule has 0 amide bonds. The predicted octanol–water partition coefficient (Wildman–Crippen LogP) is -3.07. The molecule has 10 nitrogen and oxygen atoms in total. The molecule has 0 aromatic carbocycles. The molecule has 0 aliphatic rings. The van der Waals surface area contributed by atoms with E-state index in [0.717, 1.165) is 0 Å². The maximum Gasteiger partial charge on any atom is 0.264 e. The fourth-order valence-corrected chi connectivity index (χ4v) is 1.59. The first-order chi connectivity index (χ1) is 9.83. The lowest BCUT2D eigenvalue weighted by Crippen LogP contribution is -2.53. The minimum Gasteiger partial charge on any atom is -0.361 e. The third-order valence-corrected chi connectivity index (χ3v) is 3.47. The molecule has 0 saturated heterocycles. The summed E-state index contributed by atoms with van der Waals surface area (Å²) in [5.74, 6) is -12.2. The SMILES string of the molecule is CCC(O)(O)C(O)(O)c1cnc(C(O)(O)C(O)(O)CC)cn1. The van der Waals surface area contributed by atoms with Crippen LogP contribution >= 0.6 is 0 Å². The van der Waals surface area contributed by atoms with Gasteiger partial charge in [-0.1, -0.05) is 13.8 Å². The fourth-order valence-electron chi connectivity index (χ4n) is 1.59. The summed E-state index contributed by atoms with van der Waals surface area (Å²) in [6.07, 6.45) is 0.386. The summed E-state index contributed by atoms with van der Waals surface area (Å²) >= 11 is 0. The molecule has 0 saturated carbocycles. The third kappa shape index (κ3) is 2.95. The van der Waals surface area contributed by atoms with E-state index in [0.29, 0.717) is 12.4 Å². The zero-order chi connectivity index (χ0) is 17.4. The lowest BCUT2D eigenvalue weighted by atomic mass is 9.98. The second kappa shape index (κ2) is 5.76. The van der Waals surface area contributed by atoms with Gasteiger partial charge in [0.2, 0.25) is 11.6 Å². The average molecular weight is 320 g/mol. The first kappa shape index (κ1) is 18.8. The Bertz CT molecular complexity index is 465. The van der Waals surface area contributed by atoms with Gasteiger partial charge in [-0.2, -0.15) is 0 Å². The molecule has 0 bridgehead atoms. The van der Waals surface area contributed by atoms with Gasteiger partial charge < -0.3 is 40.9 Å². The Balaban J connectivity index is 3.22. The molecule has 126 valence electrons. The van der Waals surface area contributed by atoms with Crippen molar-refractivity contribution in [2.45, 2.75) is 49.8 Å². The van der Waals surface area contributed by atoms with Gasteiger partial charge in [-0.15, -0.1) is 0 Å². The van der Waals surface area contributed by atoms with E-state index in [1.165, 1.54) is 13.8 Å². The monoisotopic (exact) mass is 320 g/mol. The normalized spacial score (nSPS) is 14.3. The Morgan fingerprint density at radius 2 is 0.955 bits per heavy atom. The minimum atomic E-state index is -3.17. The summed E-state index contributed by atoms with van der Waals surface area (Å²) < 4.78 is 0. The summed E-state index contributed by atoms with van der Waals surface area (Å²) in [5, 5.41) is 77.0. The van der Waals surface area contributed by atoms with Gasteiger partial charge in [-0.05, 0) is 0 Å². The average Bonchev–Trinajstić information content (AvgIpc) is 2.46. The van der Waals surface area contributed by atoms with Crippen LogP contribution in [0.1, 0.15) is 38.1 Å². The number of rotatable bonds is 6. The van der Waals surface area contributed by atoms with Crippen LogP contribution in [0.5, 0.6) is 0 Å². The van der Waals surface area contributed by atoms with Gasteiger partial charge in [-0.25, -0.2) is 0 Å². The number of aromatic nitrogens is 2. The van der Waals surface area contributed by atoms with Crippen LogP contribution in [0.2, 0.25) is 0 Å². The molecule has 0 aliphatic carbocycles. The van der Waals surface area contributed by atoms with Crippen LogP contribution in [0.4, 0.5) is 0 Å². The molecule has 0 aliphatic heterocycles. The Hall–Kier alpha value is -1.24. The van der Waals surface area contributed by atoms with Crippen LogP contribution in [-0.2, 0) is 11.6 Å². The van der Waals surface area contributed by atoms with Crippen molar-refractivity contribution in [1.82, 2.24) is 9.97 Å². The maximum atomic E-state index is 9.74. The summed E-state index contributed by atoms with van der Waals surface area (Å²) in [4.78, 5) is 6.91. The molecule has 1 heterocycles. The molecule has 0 atom stereocenters. The predicted molar refractivity (Wildman–Crippen MR) is 69.2 cm³/mol. The van der Waals surface area contributed by atoms with E-state index in [4.69, 9.17) is 0 Å². The standard InChI is InChI=1S/C12H20N2O8/c1-3-9(15,16)11(19,20)7-5-14-8(6-13-7)12(21,22)10(17,18)4-2/h5-6,15-22H,3-4H2,1-2H3. The molecule has 1 rings (SSSR count). The van der Waals surface area contributed by atoms with E-state index in [-0.39, 0.29) is 0 Å². The fraction of sp³-hybridized carbons (Fsp3) is 0.667. The van der Waals surface area contributed by atoms with Gasteiger partial charge in [0.05, 0.1) is 12.4 Å². The summed E-state index contributed by atoms with van der Waals surface area (Å²) in [5.41, 5.74) is -1.37. The van der Waals surface area contributed by atoms with E-state index in [9.17, 15) is 40.9 Å². The molecular weight excluding hydrogens is 300 g/mol. The maximum absolute atomic E-state index is 9.74. The van der Waals surface area contributed by atoms with E-state index < -0.39 is 47.4 Å². The Kier molecular flexibility index (Phi) is 4.92. The van der Waals surface area contributed by atoms with Crippen molar-refractivity contribution >= 4 is 0 Å². The zero-order valence-corrected chi connectivity index (χ0v) is 12.0. The molecule has 0 fully saturated rings. The van der Waals surface area contributed by atoms with E-state index in [2.05, 4.69) is 9.97 Å². The lowest BCUT2D eigenvalue weighted by Gasteiger charge is -2.35. The Morgan fingerprint density at radius 1 is 0.682 bits per heavy atom. The van der Waals surface area contributed by atoms with E-state index in [1.807, 2.05) is 0 Å². The van der Waals surface area contributed by atoms with E-state index >= 15 is 0 Å². The molecule has 1 aromatic rings. The van der Waals surface area contributed by atoms with Crippen molar-refractivity contribution in [3.8, 4) is 0 Å². The smallest absolute Gasteiger partial charge is 0.264 e. The topological polar surface area (TPSA) is 188 Å². The molecule has 10 heteroatoms. The van der Waals surface area contributed by atoms with Crippen molar-refractivity contribution in [2.75, 3.05) is 0 Å². The van der Waals surface area contributed by atoms with Crippen molar-refractivity contribution in [2.24, 2.45) is 0 Å². The van der Waals surface area contributed by atoms with Gasteiger partial charge in [0.1, 0.15) is 11.4 Å². The number of aliphatic hydroxyl groups is 8. The summed E-state index contributed by atoms with van der Waals surface area (Å²) in [7, 11) is 0. The van der Waals surface area contributed by atoms with Crippen molar-refractivity contribution < 1.29 is 40.9 Å². The van der Waals surface area contributed by atoms with Crippen LogP contribution in [0.15, 0.2) is 12.4 Å². The van der Waals surface area contributed by atoms with Gasteiger partial charge in [0, 0.05) is 12.8 Å². The van der Waals surface area contributed by atoms with Gasteiger partial charge in [-0.3, -0.25) is 9.97 Å². The zero-order valence-electron chi connectivity index (χ0n) is 12.0. The highest BCUT2D eigenvalue weighted by Crippen LogP contribution is 2.32. The quantitative estimate of drug-likeness (QED) is 0.250. The van der Waals surface area contributed by atoms with Gasteiger partial charge >= 0.3 is 0 Å². The van der Waals surface area contributed by atoms with Crippen LogP contribution in [0.25, 0.3) is 0 Å². The molecule has 0 unspecified atom stereocenters. The molecule has 1 aromatic heterocycles. The second-order valence-corrected chi connectivity index (χ2v) is 4.97. The molecule has 22 heavy (non-hydrogen) atoms. The number of nitrogens with zero attached hydrogens (tertiary/aromatic N) is 2. The van der Waals surface area contributed by atoms with E-state index in [1.54, 1.807) is 0 Å². The molecule has 8 N–H and O–H groups in total. The van der Waals surface area contributed by atoms with Gasteiger partial charge in [0.25, 0.3) is 11.6 Å². The largest absolute Gasteiger partial charge is 0.361 e. The van der Waals surface area contributed by atoms with Crippen molar-refractivity contribution in [3.63, 3.8) is 0 Å². The van der Waals surface area contributed by atoms with Crippen LogP contribution in [-0.4, -0.2) is 62.4 Å². The second-order valence-electron chi connectivity index (χ2n) is 4.97. The summed E-state index contributed by atoms with van der Waals surface area (Å²) in [6, 6.07) is 0. The Morgan fingerprint density at radius 3 is 1.14 bits per heavy atom. The minimum absolute atomic E-state index is 0.445. The number of hydrogen-bond donors (Lipinski definition) is 8. The lowest BCUT2D eigenvalue weighted by molar-refractivity contribution is -0.370. The first-order valence-electron chi connectivity index (χ1n) is 6.45. The first-order valence-corrected chi connectivity index (χ1v) is 6.45. The Labute approximate surface area is 125 Å². The summed E-state index contributed by atoms with van der Waals surface area (Å²) in [6.45, 7) is 2.56. The highest BCUT2D eigenvalue weighted by Gasteiger charge is 2.51. The van der Waals surface area contributed by atoms with Gasteiger partial charge in [0.15, 0.2) is 0 Å². The number of hydrogen-bond acceptors (Lipinski definition) is 10.